The average molecular weight is 729 g/mol. The highest BCUT2D eigenvalue weighted by molar-refractivity contribution is 5.96. The number of halogens is 1. The van der Waals surface area contributed by atoms with E-state index in [1.165, 1.54) is 19.2 Å². The molecular weight excluding hydrogens is 675 g/mol. The molecule has 3 fully saturated rings. The molecule has 12 nitrogen and oxygen atoms in total. The number of nitrogens with two attached hydrogens (primary N) is 1. The van der Waals surface area contributed by atoms with E-state index in [9.17, 15) is 19.2 Å². The lowest BCUT2D eigenvalue weighted by Gasteiger charge is -2.43. The second-order valence-corrected chi connectivity index (χ2v) is 15.6. The van der Waals surface area contributed by atoms with Crippen LogP contribution in [0, 0.1) is 23.1 Å². The SMILES string of the molecule is COc1ccc(F)cc1C(=O)NCc1ccc(-c2nn(C3CCN(C4CCN(CC5CCN(C(=O)OC(C)(C)C)CC5)CC4)CC3)c(N)c2C#N)cc1. The summed E-state index contributed by atoms with van der Waals surface area (Å²) in [6, 6.07) is 14.3. The zero-order chi connectivity index (χ0) is 37.7. The average Bonchev–Trinajstić information content (AvgIpc) is 3.49. The van der Waals surface area contributed by atoms with Gasteiger partial charge in [-0.1, -0.05) is 24.3 Å². The minimum atomic E-state index is -0.517. The van der Waals surface area contributed by atoms with Crippen LogP contribution in [0.1, 0.15) is 86.8 Å². The highest BCUT2D eigenvalue weighted by Gasteiger charge is 2.33. The standard InChI is InChI=1S/C40H53FN8O4/c1-40(2,3)53-39(51)48-19-11-28(12-20-48)26-46-17-13-31(14-18-46)47-21-15-32(16-22-47)49-37(43)34(24-42)36(45-49)29-7-5-27(6-8-29)25-44-38(50)33-23-30(41)9-10-35(33)52-4/h5-10,23,28,31-32H,11-22,25-26,43H2,1-4H3,(H,44,50). The fraction of sp³-hybridized carbons (Fsp3) is 0.550. The first kappa shape index (κ1) is 38.1. The van der Waals surface area contributed by atoms with Crippen molar-refractivity contribution >= 4 is 17.8 Å². The third-order valence-electron chi connectivity index (χ3n) is 10.8. The highest BCUT2D eigenvalue weighted by Crippen LogP contribution is 2.34. The molecule has 0 unspecified atom stereocenters. The lowest BCUT2D eigenvalue weighted by atomic mass is 9.94. The van der Waals surface area contributed by atoms with Crippen molar-refractivity contribution < 1.29 is 23.5 Å². The van der Waals surface area contributed by atoms with E-state index in [1.54, 1.807) is 0 Å². The fourth-order valence-electron chi connectivity index (χ4n) is 7.91. The van der Waals surface area contributed by atoms with E-state index >= 15 is 0 Å². The number of carbonyl (C=O) groups is 2. The second kappa shape index (κ2) is 16.6. The van der Waals surface area contributed by atoms with E-state index in [2.05, 4.69) is 21.2 Å². The number of nitrogens with zero attached hydrogens (tertiary/aromatic N) is 6. The van der Waals surface area contributed by atoms with Gasteiger partial charge in [0.15, 0.2) is 0 Å². The summed E-state index contributed by atoms with van der Waals surface area (Å²) in [7, 11) is 1.43. The molecule has 0 atom stereocenters. The molecule has 3 aliphatic rings. The Balaban J connectivity index is 0.970. The molecule has 0 saturated carbocycles. The van der Waals surface area contributed by atoms with Crippen LogP contribution in [0.3, 0.4) is 0 Å². The first-order valence-corrected chi connectivity index (χ1v) is 18.9. The first-order chi connectivity index (χ1) is 25.4. The van der Waals surface area contributed by atoms with Crippen molar-refractivity contribution in [1.29, 1.82) is 5.26 Å². The van der Waals surface area contributed by atoms with Gasteiger partial charge in [0.05, 0.1) is 18.7 Å². The largest absolute Gasteiger partial charge is 0.496 e. The van der Waals surface area contributed by atoms with Gasteiger partial charge in [0.1, 0.15) is 40.3 Å². The molecule has 2 amide bonds. The smallest absolute Gasteiger partial charge is 0.410 e. The van der Waals surface area contributed by atoms with E-state index in [4.69, 9.17) is 20.3 Å². The summed E-state index contributed by atoms with van der Waals surface area (Å²) in [4.78, 5) is 32.3. The lowest BCUT2D eigenvalue weighted by Crippen LogP contribution is -2.49. The highest BCUT2D eigenvalue weighted by atomic mass is 19.1. The maximum Gasteiger partial charge on any atom is 0.410 e. The molecule has 6 rings (SSSR count). The Morgan fingerprint density at radius 1 is 0.962 bits per heavy atom. The quantitative estimate of drug-likeness (QED) is 0.278. The normalized spacial score (nSPS) is 18.5. The third kappa shape index (κ3) is 9.29. The number of ether oxygens (including phenoxy) is 2. The van der Waals surface area contributed by atoms with Crippen LogP contribution in [0.15, 0.2) is 42.5 Å². The van der Waals surface area contributed by atoms with Gasteiger partial charge in [0.2, 0.25) is 0 Å². The summed E-state index contributed by atoms with van der Waals surface area (Å²) in [6.45, 7) is 12.7. The number of nitrogens with one attached hydrogen (secondary N) is 1. The monoisotopic (exact) mass is 728 g/mol. The molecular formula is C40H53FN8O4. The van der Waals surface area contributed by atoms with Crippen LogP contribution in [0.4, 0.5) is 15.0 Å². The van der Waals surface area contributed by atoms with Crippen molar-refractivity contribution in [3.63, 3.8) is 0 Å². The van der Waals surface area contributed by atoms with Crippen molar-refractivity contribution in [2.75, 3.05) is 58.7 Å². The topological polar surface area (TPSA) is 142 Å². The Bertz CT molecular complexity index is 1780. The number of likely N-dealkylation sites (tertiary alicyclic amines) is 3. The van der Waals surface area contributed by atoms with Gasteiger partial charge in [-0.25, -0.2) is 13.9 Å². The predicted octanol–water partition coefficient (Wildman–Crippen LogP) is 5.83. The van der Waals surface area contributed by atoms with Crippen molar-refractivity contribution in [1.82, 2.24) is 29.8 Å². The number of carbonyl (C=O) groups excluding carboxylic acids is 2. The van der Waals surface area contributed by atoms with Crippen LogP contribution >= 0.6 is 0 Å². The predicted molar refractivity (Wildman–Crippen MR) is 201 cm³/mol. The molecule has 0 radical (unpaired) electrons. The molecule has 0 spiro atoms. The molecule has 3 N–H and O–H groups in total. The number of nitriles is 1. The number of hydrogen-bond donors (Lipinski definition) is 2. The first-order valence-electron chi connectivity index (χ1n) is 18.9. The molecule has 3 saturated heterocycles. The van der Waals surface area contributed by atoms with Crippen LogP contribution in [0.5, 0.6) is 5.75 Å². The molecule has 4 heterocycles. The van der Waals surface area contributed by atoms with Crippen LogP contribution in [0.25, 0.3) is 11.3 Å². The third-order valence-corrected chi connectivity index (χ3v) is 10.8. The van der Waals surface area contributed by atoms with Crippen LogP contribution < -0.4 is 15.8 Å². The van der Waals surface area contributed by atoms with Crippen LogP contribution in [0.2, 0.25) is 0 Å². The molecule has 284 valence electrons. The number of nitrogen functional groups attached to an aromatic ring is 1. The second-order valence-electron chi connectivity index (χ2n) is 15.6. The maximum absolute atomic E-state index is 13.8. The minimum absolute atomic E-state index is 0.119. The number of amides is 2. The number of aromatic nitrogens is 2. The number of piperidine rings is 3. The Hall–Kier alpha value is -4.67. The lowest BCUT2D eigenvalue weighted by molar-refractivity contribution is 0.0155. The Kier molecular flexibility index (Phi) is 11.9. The maximum atomic E-state index is 13.8. The van der Waals surface area contributed by atoms with Crippen molar-refractivity contribution in [2.45, 2.75) is 83.5 Å². The van der Waals surface area contributed by atoms with E-state index < -0.39 is 17.3 Å². The number of rotatable bonds is 9. The van der Waals surface area contributed by atoms with Gasteiger partial charge < -0.3 is 35.2 Å². The molecule has 3 aliphatic heterocycles. The van der Waals surface area contributed by atoms with Gasteiger partial charge in [-0.2, -0.15) is 10.4 Å². The Morgan fingerprint density at radius 2 is 1.62 bits per heavy atom. The van der Waals surface area contributed by atoms with Crippen molar-refractivity contribution in [2.24, 2.45) is 5.92 Å². The fourth-order valence-corrected chi connectivity index (χ4v) is 7.91. The van der Waals surface area contributed by atoms with Gasteiger partial charge in [0, 0.05) is 50.9 Å². The molecule has 1 aromatic heterocycles. The zero-order valence-corrected chi connectivity index (χ0v) is 31.4. The number of methoxy groups -OCH3 is 1. The summed E-state index contributed by atoms with van der Waals surface area (Å²) in [5.74, 6) is 0.354. The molecule has 3 aromatic rings. The van der Waals surface area contributed by atoms with E-state index in [-0.39, 0.29) is 24.2 Å². The van der Waals surface area contributed by atoms with Crippen LogP contribution in [-0.4, -0.2) is 101 Å². The van der Waals surface area contributed by atoms with E-state index in [0.29, 0.717) is 34.8 Å². The van der Waals surface area contributed by atoms with Gasteiger partial charge in [0.25, 0.3) is 5.91 Å². The van der Waals surface area contributed by atoms with E-state index in [0.717, 1.165) is 102 Å². The summed E-state index contributed by atoms with van der Waals surface area (Å²) in [5, 5.41) is 17.7. The molecule has 53 heavy (non-hydrogen) atoms. The van der Waals surface area contributed by atoms with Gasteiger partial charge >= 0.3 is 6.09 Å². The molecule has 0 bridgehead atoms. The Morgan fingerprint density at radius 3 is 2.25 bits per heavy atom. The van der Waals surface area contributed by atoms with Gasteiger partial charge in [-0.3, -0.25) is 4.79 Å². The number of hydrogen-bond acceptors (Lipinski definition) is 9. The summed E-state index contributed by atoms with van der Waals surface area (Å²) in [6.07, 6.45) is 6.01. The molecule has 0 aliphatic carbocycles. The van der Waals surface area contributed by atoms with Gasteiger partial charge in [-0.15, -0.1) is 0 Å². The number of anilines is 1. The van der Waals surface area contributed by atoms with Crippen molar-refractivity contribution in [3.8, 4) is 23.1 Å². The molecule has 13 heteroatoms. The van der Waals surface area contributed by atoms with E-state index in [1.807, 2.05) is 54.6 Å². The van der Waals surface area contributed by atoms with Crippen molar-refractivity contribution in [3.05, 3.63) is 65.0 Å². The number of benzene rings is 2. The summed E-state index contributed by atoms with van der Waals surface area (Å²) in [5.41, 5.74) is 8.74. The zero-order valence-electron chi connectivity index (χ0n) is 31.4. The van der Waals surface area contributed by atoms with Crippen LogP contribution in [-0.2, 0) is 11.3 Å². The molecule has 2 aromatic carbocycles. The van der Waals surface area contributed by atoms with Gasteiger partial charge in [-0.05, 0) is 102 Å². The Labute approximate surface area is 312 Å². The summed E-state index contributed by atoms with van der Waals surface area (Å²) < 4.78 is 26.4. The minimum Gasteiger partial charge on any atom is -0.496 e. The summed E-state index contributed by atoms with van der Waals surface area (Å²) >= 11 is 0.